The number of ether oxygens (including phenoxy) is 2. The van der Waals surface area contributed by atoms with E-state index >= 15 is 0 Å². The Labute approximate surface area is 141 Å². The number of nitrogens with one attached hydrogen (secondary N) is 1. The zero-order valence-corrected chi connectivity index (χ0v) is 13.2. The monoisotopic (exact) mass is 369 g/mol. The van der Waals surface area contributed by atoms with Crippen LogP contribution in [0.3, 0.4) is 0 Å². The number of unbranched alkanes of at least 4 members (excludes halogenated alkanes) is 1. The average molecular weight is 369 g/mol. The highest BCUT2D eigenvalue weighted by atomic mass is 17.0. The fraction of sp³-hybridized carbons (Fsp3) is 0.818. The average Bonchev–Trinajstić information content (AvgIpc) is 2.54. The van der Waals surface area contributed by atoms with E-state index in [-0.39, 0.29) is 39.3 Å². The molecule has 0 aromatic rings. The molecule has 144 valence electrons. The van der Waals surface area contributed by atoms with Gasteiger partial charge in [-0.3, -0.25) is 0 Å². The van der Waals surface area contributed by atoms with Crippen molar-refractivity contribution in [1.82, 2.24) is 5.32 Å². The van der Waals surface area contributed by atoms with Crippen LogP contribution in [0.5, 0.6) is 0 Å². The summed E-state index contributed by atoms with van der Waals surface area (Å²) in [4.78, 5) is 50.8. The van der Waals surface area contributed by atoms with Crippen LogP contribution in [0.4, 0.5) is 4.79 Å². The number of hydrogen-bond donors (Lipinski definition) is 2. The normalized spacial score (nSPS) is 11.1. The summed E-state index contributed by atoms with van der Waals surface area (Å²) in [6.07, 6.45) is -0.385. The van der Waals surface area contributed by atoms with Gasteiger partial charge in [-0.2, -0.15) is 0 Å². The van der Waals surface area contributed by atoms with E-state index < -0.39 is 34.9 Å². The summed E-state index contributed by atoms with van der Waals surface area (Å²) in [5, 5.41) is 29.0. The highest BCUT2D eigenvalue weighted by Gasteiger charge is 2.22. The number of carbonyl (C=O) groups is 2. The molecular weight excluding hydrogens is 350 g/mol. The molecule has 1 unspecified atom stereocenters. The number of alkyl carbamates (subject to hydrolysis) is 1. The SMILES string of the molecule is O=C(NC(CO)C(=O)OCCCCO[N+](=O)[O-])OCCCO[N+](=O)[O-]. The largest absolute Gasteiger partial charge is 0.464 e. The molecular formula is C11H19N3O11. The van der Waals surface area contributed by atoms with E-state index in [2.05, 4.69) is 19.7 Å². The first kappa shape index (κ1) is 22.1. The number of amides is 1. The molecule has 0 aliphatic rings. The Morgan fingerprint density at radius 3 is 2.00 bits per heavy atom. The predicted octanol–water partition coefficient (Wildman–Crippen LogP) is -0.796. The molecule has 0 aliphatic heterocycles. The molecule has 0 rings (SSSR count). The first-order valence-electron chi connectivity index (χ1n) is 7.12. The Morgan fingerprint density at radius 2 is 1.44 bits per heavy atom. The van der Waals surface area contributed by atoms with Crippen LogP contribution in [-0.2, 0) is 23.9 Å². The number of aliphatic hydroxyl groups excluding tert-OH is 1. The van der Waals surface area contributed by atoms with Crippen molar-refractivity contribution in [3.63, 3.8) is 0 Å². The van der Waals surface area contributed by atoms with Crippen LogP contribution < -0.4 is 5.32 Å². The summed E-state index contributed by atoms with van der Waals surface area (Å²) in [5.74, 6) is -0.911. The van der Waals surface area contributed by atoms with Gasteiger partial charge in [0.25, 0.3) is 10.2 Å². The highest BCUT2D eigenvalue weighted by molar-refractivity contribution is 5.81. The number of nitrogens with zero attached hydrogens (tertiary/aromatic N) is 2. The molecule has 0 fully saturated rings. The van der Waals surface area contributed by atoms with Crippen molar-refractivity contribution >= 4 is 12.1 Å². The lowest BCUT2D eigenvalue weighted by atomic mass is 10.3. The summed E-state index contributed by atoms with van der Waals surface area (Å²) in [5.41, 5.74) is 0. The molecule has 0 spiro atoms. The number of aliphatic hydroxyl groups is 1. The van der Waals surface area contributed by atoms with Gasteiger partial charge < -0.3 is 29.6 Å². The lowest BCUT2D eigenvalue weighted by Crippen LogP contribution is -2.44. The van der Waals surface area contributed by atoms with Crippen molar-refractivity contribution in [1.29, 1.82) is 0 Å². The third-order valence-electron chi connectivity index (χ3n) is 2.46. The smallest absolute Gasteiger partial charge is 0.407 e. The van der Waals surface area contributed by atoms with Crippen LogP contribution >= 0.6 is 0 Å². The Hall–Kier alpha value is -2.90. The number of carbonyl (C=O) groups excluding carboxylic acids is 2. The van der Waals surface area contributed by atoms with Crippen LogP contribution in [0.15, 0.2) is 0 Å². The van der Waals surface area contributed by atoms with Gasteiger partial charge in [-0.1, -0.05) is 0 Å². The third kappa shape index (κ3) is 13.3. The Kier molecular flexibility index (Phi) is 12.0. The summed E-state index contributed by atoms with van der Waals surface area (Å²) >= 11 is 0. The molecule has 0 saturated heterocycles. The molecule has 14 nitrogen and oxygen atoms in total. The van der Waals surface area contributed by atoms with Gasteiger partial charge in [0.15, 0.2) is 6.04 Å². The van der Waals surface area contributed by atoms with Gasteiger partial charge in [-0.05, 0) is 12.8 Å². The lowest BCUT2D eigenvalue weighted by Gasteiger charge is -2.15. The maximum Gasteiger partial charge on any atom is 0.407 e. The zero-order chi connectivity index (χ0) is 19.1. The molecule has 1 atom stereocenters. The van der Waals surface area contributed by atoms with Crippen molar-refractivity contribution < 1.29 is 44.0 Å². The van der Waals surface area contributed by atoms with Gasteiger partial charge in [0.05, 0.1) is 33.0 Å². The quantitative estimate of drug-likeness (QED) is 0.169. The van der Waals surface area contributed by atoms with Gasteiger partial charge in [0.1, 0.15) is 0 Å². The molecule has 0 bridgehead atoms. The fourth-order valence-corrected chi connectivity index (χ4v) is 1.34. The molecule has 0 aliphatic carbocycles. The Balaban J connectivity index is 3.86. The molecule has 0 aromatic carbocycles. The van der Waals surface area contributed by atoms with Crippen molar-refractivity contribution in [2.45, 2.75) is 25.3 Å². The fourth-order valence-electron chi connectivity index (χ4n) is 1.34. The van der Waals surface area contributed by atoms with Gasteiger partial charge in [0.2, 0.25) is 0 Å². The molecule has 14 heteroatoms. The third-order valence-corrected chi connectivity index (χ3v) is 2.46. The van der Waals surface area contributed by atoms with Crippen molar-refractivity contribution in [3.8, 4) is 0 Å². The van der Waals surface area contributed by atoms with E-state index in [1.165, 1.54) is 0 Å². The zero-order valence-electron chi connectivity index (χ0n) is 13.2. The van der Waals surface area contributed by atoms with E-state index in [1.807, 2.05) is 0 Å². The molecule has 2 N–H and O–H groups in total. The second-order valence-corrected chi connectivity index (χ2v) is 4.36. The standard InChI is InChI=1S/C11H19N3O11/c15-8-9(10(16)22-4-1-2-6-24-13(18)19)12-11(17)23-5-3-7-25-14(20)21/h9,15H,1-8H2,(H,12,17). The van der Waals surface area contributed by atoms with Crippen LogP contribution in [0.1, 0.15) is 19.3 Å². The topological polar surface area (TPSA) is 190 Å². The molecule has 0 heterocycles. The van der Waals surface area contributed by atoms with Gasteiger partial charge in [-0.15, -0.1) is 20.2 Å². The van der Waals surface area contributed by atoms with E-state index in [1.54, 1.807) is 0 Å². The maximum atomic E-state index is 11.6. The number of hydrogen-bond acceptors (Lipinski definition) is 11. The van der Waals surface area contributed by atoms with Gasteiger partial charge in [0, 0.05) is 6.42 Å². The van der Waals surface area contributed by atoms with Crippen LogP contribution in [0.25, 0.3) is 0 Å². The molecule has 0 radical (unpaired) electrons. The summed E-state index contributed by atoms with van der Waals surface area (Å²) in [6, 6.07) is -1.35. The highest BCUT2D eigenvalue weighted by Crippen LogP contribution is 1.96. The minimum atomic E-state index is -1.35. The van der Waals surface area contributed by atoms with Crippen molar-refractivity contribution in [2.75, 3.05) is 33.0 Å². The summed E-state index contributed by atoms with van der Waals surface area (Å²) < 4.78 is 9.42. The summed E-state index contributed by atoms with van der Waals surface area (Å²) in [6.45, 7) is -1.40. The van der Waals surface area contributed by atoms with E-state index in [0.29, 0.717) is 6.42 Å². The predicted molar refractivity (Wildman–Crippen MR) is 76.1 cm³/mol. The molecule has 0 aromatic heterocycles. The number of esters is 1. The minimum Gasteiger partial charge on any atom is -0.464 e. The minimum absolute atomic E-state index is 0.0643. The van der Waals surface area contributed by atoms with Crippen LogP contribution in [-0.4, -0.2) is 66.4 Å². The van der Waals surface area contributed by atoms with E-state index in [9.17, 15) is 29.8 Å². The number of rotatable bonds is 14. The lowest BCUT2D eigenvalue weighted by molar-refractivity contribution is -0.757. The first-order valence-corrected chi connectivity index (χ1v) is 7.12. The maximum absolute atomic E-state index is 11.6. The second-order valence-electron chi connectivity index (χ2n) is 4.36. The molecule has 0 saturated carbocycles. The van der Waals surface area contributed by atoms with Crippen molar-refractivity contribution in [3.05, 3.63) is 20.2 Å². The Bertz CT molecular complexity index is 445. The van der Waals surface area contributed by atoms with Crippen LogP contribution in [0.2, 0.25) is 0 Å². The summed E-state index contributed by atoms with van der Waals surface area (Å²) in [7, 11) is 0. The van der Waals surface area contributed by atoms with Crippen LogP contribution in [0, 0.1) is 20.2 Å². The van der Waals surface area contributed by atoms with E-state index in [4.69, 9.17) is 9.84 Å². The molecule has 1 amide bonds. The molecule has 25 heavy (non-hydrogen) atoms. The van der Waals surface area contributed by atoms with E-state index in [0.717, 1.165) is 0 Å². The first-order chi connectivity index (χ1) is 11.9. The van der Waals surface area contributed by atoms with Crippen molar-refractivity contribution in [2.24, 2.45) is 0 Å². The second kappa shape index (κ2) is 13.5. The van der Waals surface area contributed by atoms with Gasteiger partial charge >= 0.3 is 12.1 Å². The van der Waals surface area contributed by atoms with Gasteiger partial charge in [-0.25, -0.2) is 9.59 Å². The Morgan fingerprint density at radius 1 is 0.920 bits per heavy atom.